The summed E-state index contributed by atoms with van der Waals surface area (Å²) in [7, 11) is 0. The van der Waals surface area contributed by atoms with Crippen LogP contribution in [0.5, 0.6) is 0 Å². The fraction of sp³-hybridized carbons (Fsp3) is 0.667. The monoisotopic (exact) mass is 600 g/mol. The van der Waals surface area contributed by atoms with E-state index in [4.69, 9.17) is 0 Å². The molecule has 0 amide bonds. The molecule has 0 aliphatic carbocycles. The minimum atomic E-state index is 1.06. The van der Waals surface area contributed by atoms with Gasteiger partial charge in [-0.2, -0.15) is 0 Å². The van der Waals surface area contributed by atoms with Gasteiger partial charge in [0.2, 0.25) is 0 Å². The van der Waals surface area contributed by atoms with Gasteiger partial charge in [0.25, 0.3) is 0 Å². The van der Waals surface area contributed by atoms with Crippen LogP contribution in [0.15, 0.2) is 48.5 Å². The molecule has 4 saturated heterocycles. The quantitative estimate of drug-likeness (QED) is 0.453. The molecule has 16 aliphatic heterocycles. The van der Waals surface area contributed by atoms with Crippen LogP contribution < -0.4 is 0 Å². The third-order valence-electron chi connectivity index (χ3n) is 11.0. The van der Waals surface area contributed by atoms with Crippen molar-refractivity contribution in [3.8, 4) is 0 Å². The van der Waals surface area contributed by atoms with Crippen LogP contribution >= 0.6 is 0 Å². The van der Waals surface area contributed by atoms with Crippen LogP contribution in [0.1, 0.15) is 22.3 Å². The van der Waals surface area contributed by atoms with E-state index >= 15 is 0 Å². The van der Waals surface area contributed by atoms with Crippen LogP contribution in [-0.2, 0) is 26.2 Å². The Morgan fingerprint density at radius 1 is 0.205 bits per heavy atom. The molecular weight excluding hydrogens is 544 g/mol. The van der Waals surface area contributed by atoms with Gasteiger partial charge in [0.1, 0.15) is 0 Å². The van der Waals surface area contributed by atoms with Gasteiger partial charge in [-0.25, -0.2) is 0 Å². The molecule has 16 heterocycles. The normalized spacial score (nSPS) is 35.8. The van der Waals surface area contributed by atoms with Crippen molar-refractivity contribution < 1.29 is 0 Å². The topological polar surface area (TPSA) is 25.9 Å². The lowest BCUT2D eigenvalue weighted by atomic mass is 10.1. The molecule has 0 N–H and O–H groups in total. The highest BCUT2D eigenvalue weighted by Gasteiger charge is 2.23. The van der Waals surface area contributed by atoms with Crippen molar-refractivity contribution in [1.29, 1.82) is 0 Å². The average Bonchev–Trinajstić information content (AvgIpc) is 3.29. The third-order valence-corrected chi connectivity index (χ3v) is 11.0. The van der Waals surface area contributed by atoms with Gasteiger partial charge in [0.15, 0.2) is 0 Å². The molecule has 2 aromatic rings. The first kappa shape index (κ1) is 30.8. The van der Waals surface area contributed by atoms with Gasteiger partial charge in [-0.05, 0) is 22.3 Å². The van der Waals surface area contributed by atoms with Crippen molar-refractivity contribution in [1.82, 2.24) is 39.2 Å². The lowest BCUT2D eigenvalue weighted by Gasteiger charge is -2.31. The SMILES string of the molecule is c1cc2ccc1CN1CCN3CCN(CC1)CCN(CC3)Cc1ccc(cc1)CN1CCN3CCN(CCN(CC3)C2)CC1. The van der Waals surface area contributed by atoms with E-state index in [0.29, 0.717) is 0 Å². The zero-order chi connectivity index (χ0) is 29.6. The molecular formula is C36H56N8. The van der Waals surface area contributed by atoms with Gasteiger partial charge in [0, 0.05) is 157 Å². The first-order chi connectivity index (χ1) is 21.7. The van der Waals surface area contributed by atoms with E-state index in [0.717, 1.165) is 78.5 Å². The van der Waals surface area contributed by atoms with Gasteiger partial charge < -0.3 is 0 Å². The van der Waals surface area contributed by atoms with Crippen LogP contribution in [0.4, 0.5) is 0 Å². The fourth-order valence-electron chi connectivity index (χ4n) is 7.78. The van der Waals surface area contributed by atoms with Crippen molar-refractivity contribution in [2.75, 3.05) is 131 Å². The Kier molecular flexibility index (Phi) is 10.6. The number of benzene rings is 2. The van der Waals surface area contributed by atoms with E-state index in [1.165, 1.54) is 101 Å². The molecule has 0 unspecified atom stereocenters. The summed E-state index contributed by atoms with van der Waals surface area (Å²) in [4.78, 5) is 21.8. The molecule has 0 atom stereocenters. The van der Waals surface area contributed by atoms with E-state index < -0.39 is 0 Å². The zero-order valence-corrected chi connectivity index (χ0v) is 27.2. The predicted molar refractivity (Wildman–Crippen MR) is 180 cm³/mol. The largest absolute Gasteiger partial charge is 0.300 e. The highest BCUT2D eigenvalue weighted by atomic mass is 15.3. The molecule has 0 radical (unpaired) electrons. The first-order valence-electron chi connectivity index (χ1n) is 17.6. The molecule has 0 spiro atoms. The van der Waals surface area contributed by atoms with Crippen molar-refractivity contribution in [3.63, 3.8) is 0 Å². The molecule has 12 bridgehead atoms. The number of rotatable bonds is 0. The number of hydrogen-bond acceptors (Lipinski definition) is 8. The molecule has 8 nitrogen and oxygen atoms in total. The fourth-order valence-corrected chi connectivity index (χ4v) is 7.78. The molecule has 4 fully saturated rings. The maximum absolute atomic E-state index is 2.73. The second kappa shape index (κ2) is 15.1. The van der Waals surface area contributed by atoms with Gasteiger partial charge >= 0.3 is 0 Å². The number of nitrogens with zero attached hydrogens (tertiary/aromatic N) is 8. The van der Waals surface area contributed by atoms with Gasteiger partial charge in [-0.3, -0.25) is 39.2 Å². The minimum Gasteiger partial charge on any atom is -0.300 e. The molecule has 16 aliphatic rings. The molecule has 0 saturated carbocycles. The third kappa shape index (κ3) is 8.68. The van der Waals surface area contributed by atoms with Crippen LogP contribution in [0.25, 0.3) is 0 Å². The smallest absolute Gasteiger partial charge is 0.0234 e. The standard InChI is InChI=1S/C36H56N8/c1-2-34-4-3-33(1)29-41-21-13-37-9-10-38(14-22-41)18-26-43(25-17-37)31-35-5-7-36(8-6-35)32-44-27-19-39-11-12-40(20-28-44)16-24-42(30-34)23-15-39/h1-8H,9-32H2. The van der Waals surface area contributed by atoms with E-state index in [1.807, 2.05) is 0 Å². The van der Waals surface area contributed by atoms with E-state index in [9.17, 15) is 0 Å². The van der Waals surface area contributed by atoms with Crippen molar-refractivity contribution in [3.05, 3.63) is 70.8 Å². The molecule has 2 aromatic carbocycles. The van der Waals surface area contributed by atoms with Gasteiger partial charge in [0.05, 0.1) is 0 Å². The molecule has 44 heavy (non-hydrogen) atoms. The Morgan fingerprint density at radius 2 is 0.341 bits per heavy atom. The van der Waals surface area contributed by atoms with Crippen molar-refractivity contribution in [2.24, 2.45) is 0 Å². The summed E-state index contributed by atoms with van der Waals surface area (Å²) in [5.74, 6) is 0. The zero-order valence-electron chi connectivity index (χ0n) is 27.2. The Balaban J connectivity index is 1.13. The van der Waals surface area contributed by atoms with Crippen LogP contribution in [0, 0.1) is 0 Å². The minimum absolute atomic E-state index is 1.06. The second-order valence-corrected chi connectivity index (χ2v) is 14.1. The van der Waals surface area contributed by atoms with E-state index in [2.05, 4.69) is 87.7 Å². The molecule has 240 valence electrons. The van der Waals surface area contributed by atoms with Gasteiger partial charge in [-0.1, -0.05) is 48.5 Å². The summed E-state index contributed by atoms with van der Waals surface area (Å²) in [6.45, 7) is 27.8. The Morgan fingerprint density at radius 3 is 0.500 bits per heavy atom. The number of fused-ring (bicyclic) bond motifs is 2. The Labute approximate surface area is 266 Å². The maximum atomic E-state index is 2.73. The van der Waals surface area contributed by atoms with Crippen LogP contribution in [0.3, 0.4) is 0 Å². The van der Waals surface area contributed by atoms with Crippen molar-refractivity contribution in [2.45, 2.75) is 26.2 Å². The summed E-state index contributed by atoms with van der Waals surface area (Å²) in [6.07, 6.45) is 0. The highest BCUT2D eigenvalue weighted by molar-refractivity contribution is 5.23. The van der Waals surface area contributed by atoms with Crippen molar-refractivity contribution >= 4 is 0 Å². The average molecular weight is 601 g/mol. The van der Waals surface area contributed by atoms with Gasteiger partial charge in [-0.15, -0.1) is 0 Å². The molecule has 18 rings (SSSR count). The maximum Gasteiger partial charge on any atom is 0.0234 e. The first-order valence-corrected chi connectivity index (χ1v) is 17.6. The Hall–Kier alpha value is -1.88. The van der Waals surface area contributed by atoms with E-state index in [-0.39, 0.29) is 0 Å². The van der Waals surface area contributed by atoms with E-state index in [1.54, 1.807) is 0 Å². The molecule has 8 heteroatoms. The van der Waals surface area contributed by atoms with Crippen LogP contribution in [0.2, 0.25) is 0 Å². The lowest BCUT2D eigenvalue weighted by molar-refractivity contribution is 0.167. The Bertz CT molecular complexity index is 942. The van der Waals surface area contributed by atoms with Crippen LogP contribution in [-0.4, -0.2) is 170 Å². The summed E-state index contributed by atoms with van der Waals surface area (Å²) in [6, 6.07) is 19.3. The predicted octanol–water partition coefficient (Wildman–Crippen LogP) is 1.87. The summed E-state index contributed by atoms with van der Waals surface area (Å²) < 4.78 is 0. The molecule has 0 aromatic heterocycles. The second-order valence-electron chi connectivity index (χ2n) is 14.1. The summed E-state index contributed by atoms with van der Waals surface area (Å²) >= 11 is 0. The summed E-state index contributed by atoms with van der Waals surface area (Å²) in [5.41, 5.74) is 5.85. The number of hydrogen-bond donors (Lipinski definition) is 0. The highest BCUT2D eigenvalue weighted by Crippen LogP contribution is 2.16. The summed E-state index contributed by atoms with van der Waals surface area (Å²) in [5, 5.41) is 0. The lowest BCUT2D eigenvalue weighted by Crippen LogP contribution is -2.41.